The van der Waals surface area contributed by atoms with Crippen molar-refractivity contribution >= 4 is 0 Å². The quantitative estimate of drug-likeness (QED) is 0.529. The lowest BCUT2D eigenvalue weighted by Gasteiger charge is -2.11. The van der Waals surface area contributed by atoms with E-state index in [-0.39, 0.29) is 6.10 Å². The first-order valence-corrected chi connectivity index (χ1v) is 4.33. The van der Waals surface area contributed by atoms with E-state index in [0.29, 0.717) is 6.61 Å². The highest BCUT2D eigenvalue weighted by Crippen LogP contribution is 1.94. The fourth-order valence-corrected chi connectivity index (χ4v) is 0.692. The minimum absolute atomic E-state index is 0.00139. The number of rotatable bonds is 7. The molecule has 0 bridgehead atoms. The van der Waals surface area contributed by atoms with Gasteiger partial charge in [0.15, 0.2) is 0 Å². The number of ether oxygens (including phenoxy) is 2. The SMILES string of the molecule is [CH2]C(COCC)OCCCC. The van der Waals surface area contributed by atoms with Crippen LogP contribution in [0.1, 0.15) is 26.7 Å². The summed E-state index contributed by atoms with van der Waals surface area (Å²) in [6.45, 7) is 10.1. The number of unbranched alkanes of at least 4 members (excludes halogenated alkanes) is 1. The number of hydrogen-bond donors (Lipinski definition) is 0. The van der Waals surface area contributed by atoms with Crippen molar-refractivity contribution in [3.8, 4) is 0 Å². The highest BCUT2D eigenvalue weighted by atomic mass is 16.5. The van der Waals surface area contributed by atoms with Crippen molar-refractivity contribution in [2.24, 2.45) is 0 Å². The molecule has 0 aliphatic heterocycles. The second kappa shape index (κ2) is 8.02. The van der Waals surface area contributed by atoms with E-state index in [1.807, 2.05) is 6.92 Å². The fourth-order valence-electron chi connectivity index (χ4n) is 0.692. The third kappa shape index (κ3) is 7.82. The second-order valence-corrected chi connectivity index (χ2v) is 2.51. The molecule has 0 spiro atoms. The lowest BCUT2D eigenvalue weighted by molar-refractivity contribution is 0.00941. The molecule has 1 radical (unpaired) electrons. The average molecular weight is 159 g/mol. The summed E-state index contributed by atoms with van der Waals surface area (Å²) in [5.41, 5.74) is 0. The van der Waals surface area contributed by atoms with Crippen LogP contribution in [0, 0.1) is 6.92 Å². The molecule has 0 saturated carbocycles. The summed E-state index contributed by atoms with van der Waals surface area (Å²) in [6, 6.07) is 0. The van der Waals surface area contributed by atoms with Gasteiger partial charge >= 0.3 is 0 Å². The van der Waals surface area contributed by atoms with Gasteiger partial charge in [0.2, 0.25) is 0 Å². The Balaban J connectivity index is 3.02. The molecule has 2 heteroatoms. The maximum Gasteiger partial charge on any atom is 0.0809 e. The van der Waals surface area contributed by atoms with Crippen LogP contribution in [0.15, 0.2) is 0 Å². The first-order chi connectivity index (χ1) is 5.31. The molecule has 0 amide bonds. The molecule has 0 aromatic heterocycles. The lowest BCUT2D eigenvalue weighted by Crippen LogP contribution is -2.16. The van der Waals surface area contributed by atoms with Crippen molar-refractivity contribution in [2.75, 3.05) is 19.8 Å². The molecule has 0 fully saturated rings. The van der Waals surface area contributed by atoms with Crippen LogP contribution in [0.4, 0.5) is 0 Å². The van der Waals surface area contributed by atoms with E-state index < -0.39 is 0 Å². The highest BCUT2D eigenvalue weighted by molar-refractivity contribution is 4.57. The van der Waals surface area contributed by atoms with Crippen molar-refractivity contribution in [1.82, 2.24) is 0 Å². The summed E-state index contributed by atoms with van der Waals surface area (Å²) >= 11 is 0. The van der Waals surface area contributed by atoms with Crippen LogP contribution >= 0.6 is 0 Å². The summed E-state index contributed by atoms with van der Waals surface area (Å²) in [5.74, 6) is 0. The smallest absolute Gasteiger partial charge is 0.0809 e. The zero-order valence-corrected chi connectivity index (χ0v) is 7.64. The molecule has 0 saturated heterocycles. The fraction of sp³-hybridized carbons (Fsp3) is 0.889. The molecule has 0 rings (SSSR count). The molecular formula is C9H19O2. The van der Waals surface area contributed by atoms with E-state index in [1.54, 1.807) is 0 Å². The van der Waals surface area contributed by atoms with Crippen LogP contribution in [0.25, 0.3) is 0 Å². The molecule has 0 aliphatic carbocycles. The van der Waals surface area contributed by atoms with Crippen molar-refractivity contribution in [3.63, 3.8) is 0 Å². The van der Waals surface area contributed by atoms with Gasteiger partial charge in [0.05, 0.1) is 12.7 Å². The minimum Gasteiger partial charge on any atom is -0.379 e. The van der Waals surface area contributed by atoms with Crippen molar-refractivity contribution < 1.29 is 9.47 Å². The zero-order valence-electron chi connectivity index (χ0n) is 7.64. The van der Waals surface area contributed by atoms with Crippen LogP contribution in [-0.4, -0.2) is 25.9 Å². The summed E-state index contributed by atoms with van der Waals surface area (Å²) in [7, 11) is 0. The predicted molar refractivity (Wildman–Crippen MR) is 46.5 cm³/mol. The Bertz CT molecular complexity index is 74.0. The Morgan fingerprint density at radius 1 is 1.36 bits per heavy atom. The molecule has 0 heterocycles. The van der Waals surface area contributed by atoms with E-state index in [2.05, 4.69) is 13.8 Å². The van der Waals surface area contributed by atoms with Crippen LogP contribution < -0.4 is 0 Å². The summed E-state index contributed by atoms with van der Waals surface area (Å²) < 4.78 is 10.5. The second-order valence-electron chi connectivity index (χ2n) is 2.51. The van der Waals surface area contributed by atoms with E-state index in [1.165, 1.54) is 6.42 Å². The van der Waals surface area contributed by atoms with E-state index in [9.17, 15) is 0 Å². The van der Waals surface area contributed by atoms with Crippen molar-refractivity contribution in [1.29, 1.82) is 0 Å². The maximum atomic E-state index is 5.35. The predicted octanol–water partition coefficient (Wildman–Crippen LogP) is 2.04. The molecule has 67 valence electrons. The minimum atomic E-state index is 0.00139. The van der Waals surface area contributed by atoms with E-state index >= 15 is 0 Å². The van der Waals surface area contributed by atoms with Gasteiger partial charge in [-0.25, -0.2) is 0 Å². The number of hydrogen-bond acceptors (Lipinski definition) is 2. The summed E-state index contributed by atoms with van der Waals surface area (Å²) in [5, 5.41) is 0. The van der Waals surface area contributed by atoms with Crippen LogP contribution in [0.2, 0.25) is 0 Å². The van der Waals surface area contributed by atoms with Crippen LogP contribution in [0.3, 0.4) is 0 Å². The highest BCUT2D eigenvalue weighted by Gasteiger charge is 1.99. The molecule has 1 atom stereocenters. The standard InChI is InChI=1S/C9H19O2/c1-4-6-7-11-9(3)8-10-5-2/h9H,3-8H2,1-2H3. The van der Waals surface area contributed by atoms with Crippen molar-refractivity contribution in [3.05, 3.63) is 6.92 Å². The van der Waals surface area contributed by atoms with Gasteiger partial charge < -0.3 is 9.47 Å². The zero-order chi connectivity index (χ0) is 8.53. The van der Waals surface area contributed by atoms with E-state index in [4.69, 9.17) is 9.47 Å². The Hall–Kier alpha value is -0.0800. The van der Waals surface area contributed by atoms with Gasteiger partial charge in [0, 0.05) is 13.2 Å². The monoisotopic (exact) mass is 159 g/mol. The van der Waals surface area contributed by atoms with Gasteiger partial charge in [0.25, 0.3) is 0 Å². The van der Waals surface area contributed by atoms with Gasteiger partial charge in [-0.2, -0.15) is 0 Å². The largest absolute Gasteiger partial charge is 0.379 e. The molecule has 11 heavy (non-hydrogen) atoms. The third-order valence-corrected chi connectivity index (χ3v) is 1.36. The van der Waals surface area contributed by atoms with Crippen LogP contribution in [0.5, 0.6) is 0 Å². The van der Waals surface area contributed by atoms with Gasteiger partial charge in [-0.3, -0.25) is 0 Å². The van der Waals surface area contributed by atoms with Crippen LogP contribution in [-0.2, 0) is 9.47 Å². The normalized spacial score (nSPS) is 13.4. The molecule has 0 N–H and O–H groups in total. The van der Waals surface area contributed by atoms with Gasteiger partial charge in [-0.15, -0.1) is 0 Å². The molecular weight excluding hydrogens is 140 g/mol. The van der Waals surface area contributed by atoms with Gasteiger partial charge in [0.1, 0.15) is 0 Å². The molecule has 1 unspecified atom stereocenters. The summed E-state index contributed by atoms with van der Waals surface area (Å²) in [6.07, 6.45) is 2.28. The van der Waals surface area contributed by atoms with Gasteiger partial charge in [-0.1, -0.05) is 13.3 Å². The first-order valence-electron chi connectivity index (χ1n) is 4.33. The first kappa shape index (κ1) is 10.9. The van der Waals surface area contributed by atoms with Gasteiger partial charge in [-0.05, 0) is 20.3 Å². The third-order valence-electron chi connectivity index (χ3n) is 1.36. The molecule has 0 aromatic carbocycles. The Morgan fingerprint density at radius 3 is 2.64 bits per heavy atom. The Kier molecular flexibility index (Phi) is 7.96. The van der Waals surface area contributed by atoms with Crippen molar-refractivity contribution in [2.45, 2.75) is 32.8 Å². The Morgan fingerprint density at radius 2 is 2.09 bits per heavy atom. The molecule has 0 aromatic rings. The topological polar surface area (TPSA) is 18.5 Å². The molecule has 0 aliphatic rings. The Labute approximate surface area is 69.9 Å². The summed E-state index contributed by atoms with van der Waals surface area (Å²) in [4.78, 5) is 0. The molecule has 2 nitrogen and oxygen atoms in total. The average Bonchev–Trinajstić information content (AvgIpc) is 2.01. The maximum absolute atomic E-state index is 5.35. The van der Waals surface area contributed by atoms with E-state index in [0.717, 1.165) is 19.6 Å². The lowest BCUT2D eigenvalue weighted by atomic mass is 10.3.